The van der Waals surface area contributed by atoms with Crippen molar-refractivity contribution in [3.05, 3.63) is 87.9 Å². The number of halogens is 3. The van der Waals surface area contributed by atoms with Crippen molar-refractivity contribution in [1.29, 1.82) is 0 Å². The minimum absolute atomic E-state index is 0.0616. The Labute approximate surface area is 188 Å². The van der Waals surface area contributed by atoms with Crippen LogP contribution in [-0.4, -0.2) is 17.8 Å². The third-order valence-corrected chi connectivity index (χ3v) is 5.52. The van der Waals surface area contributed by atoms with Gasteiger partial charge in [-0.3, -0.25) is 0 Å². The van der Waals surface area contributed by atoms with Crippen molar-refractivity contribution in [2.24, 2.45) is 0 Å². The molecule has 5 nitrogen and oxygen atoms in total. The zero-order valence-electron chi connectivity index (χ0n) is 17.0. The third-order valence-electron chi connectivity index (χ3n) is 5.28. The third kappa shape index (κ3) is 4.94. The Balaban J connectivity index is 1.58. The average molecular weight is 460 g/mol. The number of anilines is 1. The molecule has 3 aromatic carbocycles. The summed E-state index contributed by atoms with van der Waals surface area (Å²) in [6, 6.07) is 13.9. The van der Waals surface area contributed by atoms with E-state index in [0.717, 1.165) is 35.8 Å². The molecule has 3 aromatic rings. The summed E-state index contributed by atoms with van der Waals surface area (Å²) in [5.41, 5.74) is 2.74. The first kappa shape index (κ1) is 21.9. The van der Waals surface area contributed by atoms with Crippen LogP contribution in [0.5, 0.6) is 11.5 Å². The zero-order valence-corrected chi connectivity index (χ0v) is 17.7. The van der Waals surface area contributed by atoms with Crippen molar-refractivity contribution in [3.63, 3.8) is 0 Å². The molecule has 8 heteroatoms. The molecule has 1 aliphatic heterocycles. The highest BCUT2D eigenvalue weighted by Gasteiger charge is 2.22. The zero-order chi connectivity index (χ0) is 22.7. The van der Waals surface area contributed by atoms with Crippen LogP contribution in [-0.2, 0) is 19.6 Å². The highest BCUT2D eigenvalue weighted by atomic mass is 35.5. The molecule has 0 saturated carbocycles. The van der Waals surface area contributed by atoms with Crippen molar-refractivity contribution in [2.75, 3.05) is 11.4 Å². The number of nitrogens with zero attached hydrogens (tertiary/aromatic N) is 1. The number of carbonyl (C=O) groups is 1. The van der Waals surface area contributed by atoms with E-state index >= 15 is 0 Å². The standard InChI is InChI=1S/C24H20ClF2NO4/c25-17-7-9-22(31-14-15-6-8-18(26)12-20(15)27)16(11-17)13-28-10-2-3-19-21(28)4-1-5-23(19)32-24(29)30/h1,4-9,11-12H,2-3,10,13-14H2,(H,29,30). The Hall–Kier alpha value is -3.32. The molecule has 0 aliphatic carbocycles. The van der Waals surface area contributed by atoms with Gasteiger partial charge in [0.15, 0.2) is 0 Å². The number of fused-ring (bicyclic) bond motifs is 1. The molecular weight excluding hydrogens is 440 g/mol. The number of ether oxygens (including phenoxy) is 2. The van der Waals surface area contributed by atoms with Crippen LogP contribution in [0.2, 0.25) is 5.02 Å². The monoisotopic (exact) mass is 459 g/mol. The quantitative estimate of drug-likeness (QED) is 0.351. The fraction of sp³-hybridized carbons (Fsp3) is 0.208. The van der Waals surface area contributed by atoms with Gasteiger partial charge in [-0.25, -0.2) is 13.6 Å². The van der Waals surface area contributed by atoms with E-state index < -0.39 is 17.8 Å². The van der Waals surface area contributed by atoms with E-state index in [1.54, 1.807) is 30.3 Å². The van der Waals surface area contributed by atoms with Crippen LogP contribution in [0.15, 0.2) is 54.6 Å². The number of carboxylic acid groups (broad SMARTS) is 1. The first-order chi connectivity index (χ1) is 15.4. The number of benzene rings is 3. The van der Waals surface area contributed by atoms with Gasteiger partial charge in [-0.2, -0.15) is 0 Å². The van der Waals surface area contributed by atoms with Gasteiger partial charge in [0, 0.05) is 46.6 Å². The molecule has 0 saturated heterocycles. The Morgan fingerprint density at radius 3 is 2.69 bits per heavy atom. The summed E-state index contributed by atoms with van der Waals surface area (Å²) in [5.74, 6) is -0.456. The molecule has 32 heavy (non-hydrogen) atoms. The molecule has 0 unspecified atom stereocenters. The Kier molecular flexibility index (Phi) is 6.46. The number of rotatable bonds is 6. The molecule has 0 amide bonds. The van der Waals surface area contributed by atoms with Gasteiger partial charge >= 0.3 is 6.16 Å². The molecule has 0 spiro atoms. The molecule has 1 aliphatic rings. The van der Waals surface area contributed by atoms with Crippen molar-refractivity contribution in [1.82, 2.24) is 0 Å². The van der Waals surface area contributed by atoms with E-state index in [9.17, 15) is 13.6 Å². The Morgan fingerprint density at radius 2 is 1.91 bits per heavy atom. The SMILES string of the molecule is O=C(O)Oc1cccc2c1CCCN2Cc1cc(Cl)ccc1OCc1ccc(F)cc1F. The lowest BCUT2D eigenvalue weighted by Crippen LogP contribution is -2.29. The lowest BCUT2D eigenvalue weighted by molar-refractivity contribution is 0.144. The van der Waals surface area contributed by atoms with E-state index in [2.05, 4.69) is 4.90 Å². The van der Waals surface area contributed by atoms with E-state index in [1.807, 2.05) is 6.07 Å². The largest absolute Gasteiger partial charge is 0.511 e. The normalized spacial score (nSPS) is 12.9. The van der Waals surface area contributed by atoms with Crippen LogP contribution in [0.4, 0.5) is 19.3 Å². The van der Waals surface area contributed by atoms with Crippen LogP contribution in [0.3, 0.4) is 0 Å². The van der Waals surface area contributed by atoms with Gasteiger partial charge in [0.25, 0.3) is 0 Å². The van der Waals surface area contributed by atoms with Crippen LogP contribution in [0.1, 0.15) is 23.1 Å². The van der Waals surface area contributed by atoms with Gasteiger partial charge in [-0.15, -0.1) is 0 Å². The summed E-state index contributed by atoms with van der Waals surface area (Å²) in [4.78, 5) is 13.1. The highest BCUT2D eigenvalue weighted by Crippen LogP contribution is 2.36. The van der Waals surface area contributed by atoms with Gasteiger partial charge in [0.05, 0.1) is 0 Å². The van der Waals surface area contributed by atoms with Gasteiger partial charge in [0.1, 0.15) is 29.7 Å². The van der Waals surface area contributed by atoms with Crippen LogP contribution >= 0.6 is 11.6 Å². The van der Waals surface area contributed by atoms with Crippen molar-refractivity contribution in [3.8, 4) is 11.5 Å². The molecule has 0 radical (unpaired) electrons. The second-order valence-electron chi connectivity index (χ2n) is 7.42. The number of hydrogen-bond acceptors (Lipinski definition) is 4. The molecule has 0 bridgehead atoms. The summed E-state index contributed by atoms with van der Waals surface area (Å²) in [6.45, 7) is 1.14. The number of hydrogen-bond donors (Lipinski definition) is 1. The van der Waals surface area contributed by atoms with Gasteiger partial charge in [-0.05, 0) is 55.3 Å². The first-order valence-electron chi connectivity index (χ1n) is 10.0. The van der Waals surface area contributed by atoms with Crippen LogP contribution in [0.25, 0.3) is 0 Å². The van der Waals surface area contributed by atoms with E-state index in [-0.39, 0.29) is 12.2 Å². The van der Waals surface area contributed by atoms with E-state index in [0.29, 0.717) is 29.5 Å². The smallest absolute Gasteiger partial charge is 0.488 e. The molecule has 166 valence electrons. The highest BCUT2D eigenvalue weighted by molar-refractivity contribution is 6.30. The minimum atomic E-state index is -1.35. The molecule has 1 N–H and O–H groups in total. The summed E-state index contributed by atoms with van der Waals surface area (Å²) in [6.07, 6.45) is 0.178. The average Bonchev–Trinajstić information content (AvgIpc) is 2.74. The van der Waals surface area contributed by atoms with Crippen LogP contribution < -0.4 is 14.4 Å². The van der Waals surface area contributed by atoms with Gasteiger partial charge < -0.3 is 19.5 Å². The second kappa shape index (κ2) is 9.44. The molecule has 4 rings (SSSR count). The fourth-order valence-corrected chi connectivity index (χ4v) is 4.03. The molecule has 1 heterocycles. The van der Waals surface area contributed by atoms with Crippen LogP contribution in [0, 0.1) is 11.6 Å². The lowest BCUT2D eigenvalue weighted by atomic mass is 9.99. The molecule has 0 aromatic heterocycles. The minimum Gasteiger partial charge on any atom is -0.488 e. The summed E-state index contributed by atoms with van der Waals surface area (Å²) < 4.78 is 37.9. The van der Waals surface area contributed by atoms with Gasteiger partial charge in [-0.1, -0.05) is 17.7 Å². The second-order valence-corrected chi connectivity index (χ2v) is 7.86. The maximum atomic E-state index is 14.0. The summed E-state index contributed by atoms with van der Waals surface area (Å²) in [5, 5.41) is 9.54. The fourth-order valence-electron chi connectivity index (χ4n) is 3.83. The molecular formula is C24H20ClF2NO4. The summed E-state index contributed by atoms with van der Waals surface area (Å²) >= 11 is 6.22. The predicted molar refractivity (Wildman–Crippen MR) is 117 cm³/mol. The Morgan fingerprint density at radius 1 is 1.06 bits per heavy atom. The van der Waals surface area contributed by atoms with Crippen molar-refractivity contribution >= 4 is 23.4 Å². The van der Waals surface area contributed by atoms with Gasteiger partial charge in [0.2, 0.25) is 0 Å². The molecule has 0 fully saturated rings. The maximum absolute atomic E-state index is 14.0. The lowest BCUT2D eigenvalue weighted by Gasteiger charge is -2.32. The maximum Gasteiger partial charge on any atom is 0.511 e. The van der Waals surface area contributed by atoms with Crippen molar-refractivity contribution in [2.45, 2.75) is 26.0 Å². The Bertz CT molecular complexity index is 1150. The topological polar surface area (TPSA) is 59.0 Å². The van der Waals surface area contributed by atoms with Crippen molar-refractivity contribution < 1.29 is 28.2 Å². The predicted octanol–water partition coefficient (Wildman–Crippen LogP) is 6.21. The first-order valence-corrected chi connectivity index (χ1v) is 10.4. The van der Waals surface area contributed by atoms with E-state index in [4.69, 9.17) is 26.2 Å². The molecule has 0 atom stereocenters. The summed E-state index contributed by atoms with van der Waals surface area (Å²) in [7, 11) is 0. The van der Waals surface area contributed by atoms with E-state index in [1.165, 1.54) is 12.1 Å².